The summed E-state index contributed by atoms with van der Waals surface area (Å²) in [7, 11) is 2.10. The van der Waals surface area contributed by atoms with Gasteiger partial charge in [0, 0.05) is 27.7 Å². The summed E-state index contributed by atoms with van der Waals surface area (Å²) >= 11 is 5.41. The fourth-order valence-corrected chi connectivity index (χ4v) is 3.90. The maximum absolute atomic E-state index is 11.9. The SMILES string of the molecule is CC(=O)OC[C@H]1O[C@@H](NC(=S)NN2CC[NH+](C)CC2)[C@@H](OC(C)=O)[C@@H](OC(C)=O)[C@@H]1OC(C)=O. The molecule has 14 heteroatoms. The lowest BCUT2D eigenvalue weighted by molar-refractivity contribution is -0.884. The first-order valence-corrected chi connectivity index (χ1v) is 11.3. The minimum absolute atomic E-state index is 0.181. The van der Waals surface area contributed by atoms with E-state index in [0.717, 1.165) is 40.0 Å². The molecule has 0 radical (unpaired) electrons. The summed E-state index contributed by atoms with van der Waals surface area (Å²) in [5.74, 6) is -2.67. The molecule has 2 heterocycles. The number of hydrogen-bond donors (Lipinski definition) is 3. The zero-order valence-corrected chi connectivity index (χ0v) is 20.8. The van der Waals surface area contributed by atoms with Crippen molar-refractivity contribution in [1.82, 2.24) is 15.8 Å². The van der Waals surface area contributed by atoms with Crippen LogP contribution in [0.25, 0.3) is 0 Å². The zero-order valence-electron chi connectivity index (χ0n) is 20.0. The van der Waals surface area contributed by atoms with Gasteiger partial charge in [-0.15, -0.1) is 0 Å². The Labute approximate surface area is 203 Å². The molecule has 0 bridgehead atoms. The molecule has 13 nitrogen and oxygen atoms in total. The van der Waals surface area contributed by atoms with Crippen LogP contribution in [0.15, 0.2) is 0 Å². The highest BCUT2D eigenvalue weighted by atomic mass is 32.1. The van der Waals surface area contributed by atoms with Gasteiger partial charge in [-0.25, -0.2) is 5.01 Å². The summed E-state index contributed by atoms with van der Waals surface area (Å²) in [5, 5.41) is 5.05. The molecule has 0 unspecified atom stereocenters. The van der Waals surface area contributed by atoms with Crippen LogP contribution < -0.4 is 15.6 Å². The van der Waals surface area contributed by atoms with Gasteiger partial charge < -0.3 is 33.9 Å². The first-order chi connectivity index (χ1) is 16.0. The van der Waals surface area contributed by atoms with E-state index in [-0.39, 0.29) is 11.7 Å². The van der Waals surface area contributed by atoms with E-state index in [1.165, 1.54) is 18.7 Å². The lowest BCUT2D eigenvalue weighted by atomic mass is 9.97. The number of piperazine rings is 1. The van der Waals surface area contributed by atoms with Crippen LogP contribution in [0, 0.1) is 0 Å². The van der Waals surface area contributed by atoms with E-state index in [2.05, 4.69) is 17.8 Å². The molecule has 0 aromatic heterocycles. The molecule has 0 spiro atoms. The third-order valence-electron chi connectivity index (χ3n) is 5.14. The molecular weight excluding hydrogens is 472 g/mol. The van der Waals surface area contributed by atoms with Crippen molar-refractivity contribution in [2.75, 3.05) is 39.8 Å². The van der Waals surface area contributed by atoms with E-state index in [0.29, 0.717) is 0 Å². The second kappa shape index (κ2) is 12.8. The number of hydrazine groups is 1. The molecule has 2 rings (SSSR count). The molecule has 2 aliphatic heterocycles. The van der Waals surface area contributed by atoms with Crippen molar-refractivity contribution < 1.29 is 47.8 Å². The lowest BCUT2D eigenvalue weighted by Gasteiger charge is -2.44. The van der Waals surface area contributed by atoms with Gasteiger partial charge >= 0.3 is 23.9 Å². The van der Waals surface area contributed by atoms with E-state index < -0.39 is 54.5 Å². The van der Waals surface area contributed by atoms with Crippen LogP contribution in [0.2, 0.25) is 0 Å². The average Bonchev–Trinajstić information content (AvgIpc) is 2.71. The Balaban J connectivity index is 2.27. The van der Waals surface area contributed by atoms with Crippen LogP contribution >= 0.6 is 12.2 Å². The summed E-state index contributed by atoms with van der Waals surface area (Å²) in [6.07, 6.45) is -5.86. The summed E-state index contributed by atoms with van der Waals surface area (Å²) in [5.41, 5.74) is 3.07. The molecule has 0 aromatic rings. The van der Waals surface area contributed by atoms with Crippen molar-refractivity contribution >= 4 is 41.2 Å². The highest BCUT2D eigenvalue weighted by Gasteiger charge is 2.52. The molecule has 0 aliphatic carbocycles. The number of ether oxygens (including phenoxy) is 5. The van der Waals surface area contributed by atoms with Crippen LogP contribution in [0.4, 0.5) is 0 Å². The van der Waals surface area contributed by atoms with Gasteiger partial charge in [-0.3, -0.25) is 24.6 Å². The highest BCUT2D eigenvalue weighted by molar-refractivity contribution is 7.80. The highest BCUT2D eigenvalue weighted by Crippen LogP contribution is 2.28. The van der Waals surface area contributed by atoms with Gasteiger partial charge in [0.25, 0.3) is 0 Å². The molecule has 0 aromatic carbocycles. The molecule has 3 N–H and O–H groups in total. The molecule has 2 saturated heterocycles. The quantitative estimate of drug-likeness (QED) is 0.187. The first kappa shape index (κ1) is 27.7. The lowest BCUT2D eigenvalue weighted by Crippen LogP contribution is -3.12. The second-order valence-electron chi connectivity index (χ2n) is 8.15. The number of thiocarbonyl (C=S) groups is 1. The first-order valence-electron chi connectivity index (χ1n) is 10.9. The maximum Gasteiger partial charge on any atom is 0.303 e. The number of quaternary nitrogens is 1. The molecule has 5 atom stereocenters. The molecule has 0 saturated carbocycles. The van der Waals surface area contributed by atoms with E-state index in [9.17, 15) is 19.2 Å². The van der Waals surface area contributed by atoms with Crippen molar-refractivity contribution in [3.8, 4) is 0 Å². The number of nitrogens with one attached hydrogen (secondary N) is 3. The van der Waals surface area contributed by atoms with Crippen LogP contribution in [-0.2, 0) is 42.9 Å². The van der Waals surface area contributed by atoms with E-state index in [1.54, 1.807) is 0 Å². The molecule has 0 amide bonds. The number of esters is 4. The molecule has 2 aliphatic rings. The normalized spacial score (nSPS) is 27.7. The minimum atomic E-state index is -1.26. The number of likely N-dealkylation sites (N-methyl/N-ethyl adjacent to an activating group) is 1. The molecule has 34 heavy (non-hydrogen) atoms. The zero-order chi connectivity index (χ0) is 25.4. The number of hydrogen-bond acceptors (Lipinski definition) is 11. The predicted molar refractivity (Wildman–Crippen MR) is 119 cm³/mol. The van der Waals surface area contributed by atoms with Crippen LogP contribution in [-0.4, -0.2) is 104 Å². The van der Waals surface area contributed by atoms with Gasteiger partial charge in [-0.2, -0.15) is 0 Å². The van der Waals surface area contributed by atoms with Crippen molar-refractivity contribution in [2.24, 2.45) is 0 Å². The van der Waals surface area contributed by atoms with Crippen LogP contribution in [0.1, 0.15) is 27.7 Å². The molecule has 2 fully saturated rings. The Hall–Kier alpha value is -2.55. The Bertz CT molecular complexity index is 775. The Morgan fingerprint density at radius 1 is 0.912 bits per heavy atom. The van der Waals surface area contributed by atoms with Gasteiger partial charge in [0.05, 0.1) is 33.2 Å². The monoisotopic (exact) mass is 505 g/mol. The third-order valence-corrected chi connectivity index (χ3v) is 5.35. The smallest absolute Gasteiger partial charge is 0.303 e. The maximum atomic E-state index is 11.9. The van der Waals surface area contributed by atoms with Gasteiger partial charge in [0.2, 0.25) is 0 Å². The van der Waals surface area contributed by atoms with Crippen molar-refractivity contribution in [2.45, 2.75) is 58.3 Å². The summed E-state index contributed by atoms with van der Waals surface area (Å²) in [4.78, 5) is 48.3. The van der Waals surface area contributed by atoms with Gasteiger partial charge in [-0.1, -0.05) is 0 Å². The van der Waals surface area contributed by atoms with Crippen molar-refractivity contribution in [3.05, 3.63) is 0 Å². The van der Waals surface area contributed by atoms with E-state index >= 15 is 0 Å². The van der Waals surface area contributed by atoms with Gasteiger partial charge in [0.1, 0.15) is 12.7 Å². The molecule has 192 valence electrons. The Morgan fingerprint density at radius 2 is 1.44 bits per heavy atom. The minimum Gasteiger partial charge on any atom is -0.463 e. The van der Waals surface area contributed by atoms with E-state index in [1.807, 2.05) is 5.01 Å². The predicted octanol–water partition coefficient (Wildman–Crippen LogP) is -2.72. The Morgan fingerprint density at radius 3 is 1.97 bits per heavy atom. The van der Waals surface area contributed by atoms with Gasteiger partial charge in [0.15, 0.2) is 29.7 Å². The number of nitrogens with zero attached hydrogens (tertiary/aromatic N) is 1. The number of carbonyl (C=O) groups is 4. The van der Waals surface area contributed by atoms with Gasteiger partial charge in [-0.05, 0) is 12.2 Å². The number of carbonyl (C=O) groups excluding carboxylic acids is 4. The standard InChI is InChI=1S/C20H32N4O9S/c1-11(25)29-10-15-16(30-12(2)26)17(31-13(3)27)18(32-14(4)28)19(33-15)21-20(34)22-24-8-6-23(5)7-9-24/h15-19H,6-10H2,1-5H3,(H2,21,22,34)/p+1/t15-,16-,17+,18+,19-/m1/s1. The Kier molecular flexibility index (Phi) is 10.4. The summed E-state index contributed by atoms with van der Waals surface area (Å²) in [6, 6.07) is 0. The van der Waals surface area contributed by atoms with Crippen LogP contribution in [0.3, 0.4) is 0 Å². The third kappa shape index (κ3) is 8.66. The summed E-state index contributed by atoms with van der Waals surface area (Å²) < 4.78 is 27.2. The fourth-order valence-electron chi connectivity index (χ4n) is 3.65. The fraction of sp³-hybridized carbons (Fsp3) is 0.750. The van der Waals surface area contributed by atoms with Crippen molar-refractivity contribution in [3.63, 3.8) is 0 Å². The van der Waals surface area contributed by atoms with Crippen molar-refractivity contribution in [1.29, 1.82) is 0 Å². The van der Waals surface area contributed by atoms with E-state index in [4.69, 9.17) is 35.9 Å². The largest absolute Gasteiger partial charge is 0.463 e. The summed E-state index contributed by atoms with van der Waals surface area (Å²) in [6.45, 7) is 7.77. The van der Waals surface area contributed by atoms with Crippen LogP contribution in [0.5, 0.6) is 0 Å². The molecular formula is C20H33N4O9S+. The number of rotatable bonds is 7. The topological polar surface area (TPSA) is 146 Å². The average molecular weight is 506 g/mol. The second-order valence-corrected chi connectivity index (χ2v) is 8.56.